The third-order valence-corrected chi connectivity index (χ3v) is 6.84. The normalized spacial score (nSPS) is 16.9. The molecule has 5 rings (SSSR count). The number of rotatable bonds is 9. The fourth-order valence-corrected chi connectivity index (χ4v) is 4.90. The van der Waals surface area contributed by atoms with Crippen molar-refractivity contribution < 1.29 is 13.9 Å². The molecule has 0 aliphatic carbocycles. The number of anilines is 2. The Morgan fingerprint density at radius 3 is 2.46 bits per heavy atom. The van der Waals surface area contributed by atoms with Gasteiger partial charge in [0.15, 0.2) is 0 Å². The molecule has 2 saturated heterocycles. The van der Waals surface area contributed by atoms with Crippen LogP contribution < -0.4 is 14.5 Å². The summed E-state index contributed by atoms with van der Waals surface area (Å²) in [5.41, 5.74) is 4.63. The summed E-state index contributed by atoms with van der Waals surface area (Å²) >= 11 is 0. The zero-order valence-electron chi connectivity index (χ0n) is 20.7. The van der Waals surface area contributed by atoms with E-state index in [0.29, 0.717) is 19.1 Å². The van der Waals surface area contributed by atoms with Crippen molar-refractivity contribution in [3.05, 3.63) is 71.6 Å². The fraction of sp³-hybridized carbons (Fsp3) is 0.464. The summed E-state index contributed by atoms with van der Waals surface area (Å²) in [6.45, 7) is 8.01. The zero-order valence-corrected chi connectivity index (χ0v) is 20.7. The Bertz CT molecular complexity index is 1060. The van der Waals surface area contributed by atoms with Gasteiger partial charge < -0.3 is 23.7 Å². The highest BCUT2D eigenvalue weighted by molar-refractivity contribution is 5.48. The van der Waals surface area contributed by atoms with E-state index in [2.05, 4.69) is 51.1 Å². The number of aromatic nitrogens is 1. The summed E-state index contributed by atoms with van der Waals surface area (Å²) in [5, 5.41) is 0. The first-order chi connectivity index (χ1) is 17.3. The minimum Gasteiger partial charge on any atom is -0.497 e. The lowest BCUT2D eigenvalue weighted by Gasteiger charge is -2.29. The van der Waals surface area contributed by atoms with Gasteiger partial charge in [-0.1, -0.05) is 30.7 Å². The van der Waals surface area contributed by atoms with E-state index in [1.165, 1.54) is 30.5 Å². The Morgan fingerprint density at radius 2 is 1.69 bits per heavy atom. The largest absolute Gasteiger partial charge is 0.497 e. The fourth-order valence-electron chi connectivity index (χ4n) is 4.90. The maximum absolute atomic E-state index is 6.02. The molecule has 3 heterocycles. The second-order valence-electron chi connectivity index (χ2n) is 9.43. The summed E-state index contributed by atoms with van der Waals surface area (Å²) in [5.74, 6) is 0.857. The van der Waals surface area contributed by atoms with Crippen LogP contribution in [0, 0.1) is 0 Å². The molecule has 7 heteroatoms. The van der Waals surface area contributed by atoms with Gasteiger partial charge in [0, 0.05) is 38.4 Å². The molecule has 0 spiro atoms. The Hall–Kier alpha value is -3.03. The van der Waals surface area contributed by atoms with Gasteiger partial charge in [-0.2, -0.15) is 4.98 Å². The molecule has 0 bridgehead atoms. The zero-order chi connectivity index (χ0) is 23.9. The van der Waals surface area contributed by atoms with Gasteiger partial charge in [-0.25, -0.2) is 0 Å². The van der Waals surface area contributed by atoms with Crippen molar-refractivity contribution in [2.45, 2.75) is 38.9 Å². The maximum Gasteiger partial charge on any atom is 0.298 e. The smallest absolute Gasteiger partial charge is 0.298 e. The molecule has 35 heavy (non-hydrogen) atoms. The predicted molar refractivity (Wildman–Crippen MR) is 138 cm³/mol. The van der Waals surface area contributed by atoms with Crippen molar-refractivity contribution in [1.29, 1.82) is 0 Å². The Kier molecular flexibility index (Phi) is 7.85. The van der Waals surface area contributed by atoms with Crippen LogP contribution in [0.25, 0.3) is 0 Å². The van der Waals surface area contributed by atoms with E-state index in [1.54, 1.807) is 7.11 Å². The third kappa shape index (κ3) is 6.35. The number of benzene rings is 2. The van der Waals surface area contributed by atoms with Gasteiger partial charge in [-0.05, 0) is 61.3 Å². The minimum atomic E-state index is 0.664. The van der Waals surface area contributed by atoms with E-state index < -0.39 is 0 Å². The Balaban J connectivity index is 1.32. The van der Waals surface area contributed by atoms with Crippen LogP contribution >= 0.6 is 0 Å². The van der Waals surface area contributed by atoms with Gasteiger partial charge in [0.25, 0.3) is 6.01 Å². The van der Waals surface area contributed by atoms with Crippen LogP contribution in [0.5, 0.6) is 5.75 Å². The molecule has 7 nitrogen and oxygen atoms in total. The van der Waals surface area contributed by atoms with Crippen LogP contribution in [-0.2, 0) is 24.4 Å². The summed E-state index contributed by atoms with van der Waals surface area (Å²) in [7, 11) is 1.70. The maximum atomic E-state index is 6.02. The topological polar surface area (TPSA) is 54.2 Å². The first kappa shape index (κ1) is 23.7. The number of methoxy groups -OCH3 is 1. The van der Waals surface area contributed by atoms with Gasteiger partial charge >= 0.3 is 0 Å². The third-order valence-electron chi connectivity index (χ3n) is 6.84. The highest BCUT2D eigenvalue weighted by atomic mass is 16.5. The van der Waals surface area contributed by atoms with E-state index in [-0.39, 0.29) is 0 Å². The van der Waals surface area contributed by atoms with E-state index in [1.807, 2.05) is 18.4 Å². The second-order valence-corrected chi connectivity index (χ2v) is 9.43. The first-order valence-electron chi connectivity index (χ1n) is 12.7. The van der Waals surface area contributed by atoms with Crippen LogP contribution in [0.1, 0.15) is 36.1 Å². The van der Waals surface area contributed by atoms with Crippen molar-refractivity contribution in [2.24, 2.45) is 0 Å². The Labute approximate surface area is 208 Å². The van der Waals surface area contributed by atoms with E-state index in [9.17, 15) is 0 Å². The summed E-state index contributed by atoms with van der Waals surface area (Å²) in [6.07, 6.45) is 5.70. The van der Waals surface area contributed by atoms with Gasteiger partial charge in [0.2, 0.25) is 0 Å². The number of ether oxygens (including phenoxy) is 2. The number of hydrogen-bond donors (Lipinski definition) is 0. The lowest BCUT2D eigenvalue weighted by Crippen LogP contribution is -2.36. The molecule has 2 aliphatic rings. The molecule has 0 unspecified atom stereocenters. The molecule has 1 aromatic heterocycles. The van der Waals surface area contributed by atoms with Gasteiger partial charge in [0.1, 0.15) is 12.0 Å². The molecule has 3 aromatic rings. The standard InChI is InChI=1S/C28H36N4O3/c1-33-27-7-5-6-24(18-27)20-32(28-29-25(22-35-28)21-30-12-3-2-4-13-30)19-23-8-10-26(11-9-23)31-14-16-34-17-15-31/h5-11,18,22H,2-4,12-17,19-21H2,1H3. The number of piperidine rings is 1. The molecule has 186 valence electrons. The van der Waals surface area contributed by atoms with Crippen molar-refractivity contribution in [3.8, 4) is 5.75 Å². The quantitative estimate of drug-likeness (QED) is 0.443. The molecular formula is C28H36N4O3. The van der Waals surface area contributed by atoms with Gasteiger partial charge in [-0.15, -0.1) is 0 Å². The first-order valence-corrected chi connectivity index (χ1v) is 12.7. The average molecular weight is 477 g/mol. The van der Waals surface area contributed by atoms with Gasteiger partial charge in [0.05, 0.1) is 26.0 Å². The molecule has 0 saturated carbocycles. The van der Waals surface area contributed by atoms with Gasteiger partial charge in [-0.3, -0.25) is 4.90 Å². The van der Waals surface area contributed by atoms with E-state index in [4.69, 9.17) is 18.9 Å². The highest BCUT2D eigenvalue weighted by Gasteiger charge is 2.18. The van der Waals surface area contributed by atoms with Crippen molar-refractivity contribution >= 4 is 11.7 Å². The average Bonchev–Trinajstić information content (AvgIpc) is 3.38. The second kappa shape index (κ2) is 11.6. The van der Waals surface area contributed by atoms with Crippen LogP contribution in [0.2, 0.25) is 0 Å². The molecular weight excluding hydrogens is 440 g/mol. The van der Waals surface area contributed by atoms with Crippen molar-refractivity contribution in [3.63, 3.8) is 0 Å². The van der Waals surface area contributed by atoms with Crippen molar-refractivity contribution in [1.82, 2.24) is 9.88 Å². The Morgan fingerprint density at radius 1 is 0.914 bits per heavy atom. The lowest BCUT2D eigenvalue weighted by atomic mass is 10.1. The number of morpholine rings is 1. The van der Waals surface area contributed by atoms with Crippen LogP contribution in [0.4, 0.5) is 11.7 Å². The van der Waals surface area contributed by atoms with Crippen molar-refractivity contribution in [2.75, 3.05) is 56.3 Å². The molecule has 0 radical (unpaired) electrons. The highest BCUT2D eigenvalue weighted by Crippen LogP contribution is 2.24. The van der Waals surface area contributed by atoms with E-state index >= 15 is 0 Å². The summed E-state index contributed by atoms with van der Waals surface area (Å²) in [6, 6.07) is 17.7. The number of nitrogens with zero attached hydrogens (tertiary/aromatic N) is 4. The van der Waals surface area contributed by atoms with Crippen LogP contribution in [0.15, 0.2) is 59.2 Å². The van der Waals surface area contributed by atoms with E-state index in [0.717, 1.165) is 62.9 Å². The molecule has 2 aromatic carbocycles. The molecule has 0 amide bonds. The number of hydrogen-bond acceptors (Lipinski definition) is 7. The van der Waals surface area contributed by atoms with Crippen LogP contribution in [0.3, 0.4) is 0 Å². The number of oxazole rings is 1. The lowest BCUT2D eigenvalue weighted by molar-refractivity contribution is 0.122. The molecule has 0 N–H and O–H groups in total. The molecule has 0 atom stereocenters. The molecule has 2 aliphatic heterocycles. The van der Waals surface area contributed by atoms with Crippen LogP contribution in [-0.4, -0.2) is 56.4 Å². The number of likely N-dealkylation sites (tertiary alicyclic amines) is 1. The predicted octanol–water partition coefficient (Wildman–Crippen LogP) is 4.71. The minimum absolute atomic E-state index is 0.664. The summed E-state index contributed by atoms with van der Waals surface area (Å²) in [4.78, 5) is 12.0. The molecule has 2 fully saturated rings. The monoisotopic (exact) mass is 476 g/mol. The summed E-state index contributed by atoms with van der Waals surface area (Å²) < 4.78 is 17.0. The SMILES string of the molecule is COc1cccc(CN(Cc2ccc(N3CCOCC3)cc2)c2nc(CN3CCCCC3)co2)c1.